The van der Waals surface area contributed by atoms with E-state index < -0.39 is 23.1 Å². The van der Waals surface area contributed by atoms with Crippen LogP contribution in [0.2, 0.25) is 0 Å². The van der Waals surface area contributed by atoms with Gasteiger partial charge in [0.15, 0.2) is 28.8 Å². The lowest BCUT2D eigenvalue weighted by atomic mass is 10.1. The maximum absolute atomic E-state index is 14.7. The van der Waals surface area contributed by atoms with Gasteiger partial charge in [-0.15, -0.1) is 10.2 Å². The number of hydrogen-bond donors (Lipinski definition) is 1. The molecule has 1 amide bonds. The average Bonchev–Trinajstić information content (AvgIpc) is 3.41. The molecule has 0 aliphatic heterocycles. The largest absolute Gasteiger partial charge is 0.477 e. The molecular weight excluding hydrogens is 390 g/mol. The lowest BCUT2D eigenvalue weighted by Crippen LogP contribution is -2.30. The van der Waals surface area contributed by atoms with Gasteiger partial charge in [0, 0.05) is 11.6 Å². The molecular formula is C22H22F2N4O2. The normalized spacial score (nSPS) is 14.0. The Bertz CT molecular complexity index is 1140. The van der Waals surface area contributed by atoms with E-state index in [1.54, 1.807) is 32.9 Å². The van der Waals surface area contributed by atoms with E-state index in [1.807, 2.05) is 4.57 Å². The standard InChI is InChI=1S/C22H22F2N4O2/c1-12-4-9-18(17(24)10-12)30-22(2,3)21-27-26-20(28(21)14-6-7-14)15-8-5-13(19(25)29)11-16(15)23/h4-5,8-11,14H,6-7H2,1-3H3,(H2,25,29). The second-order valence-electron chi connectivity index (χ2n) is 8.05. The third kappa shape index (κ3) is 3.65. The number of carbonyl (C=O) groups is 1. The van der Waals surface area contributed by atoms with E-state index in [1.165, 1.54) is 18.2 Å². The Hall–Kier alpha value is -3.29. The van der Waals surface area contributed by atoms with Crippen LogP contribution in [0.1, 0.15) is 54.5 Å². The number of hydrogen-bond acceptors (Lipinski definition) is 4. The number of nitrogens with two attached hydrogens (primary N) is 1. The molecule has 2 aromatic carbocycles. The Morgan fingerprint density at radius 2 is 1.87 bits per heavy atom. The van der Waals surface area contributed by atoms with Crippen LogP contribution in [-0.4, -0.2) is 20.7 Å². The quantitative estimate of drug-likeness (QED) is 0.655. The van der Waals surface area contributed by atoms with E-state index in [0.717, 1.165) is 24.5 Å². The number of amides is 1. The third-order valence-electron chi connectivity index (χ3n) is 5.09. The smallest absolute Gasteiger partial charge is 0.248 e. The van der Waals surface area contributed by atoms with Crippen LogP contribution >= 0.6 is 0 Å². The summed E-state index contributed by atoms with van der Waals surface area (Å²) >= 11 is 0. The summed E-state index contributed by atoms with van der Waals surface area (Å²) in [5.41, 5.74) is 5.28. The van der Waals surface area contributed by atoms with E-state index >= 15 is 0 Å². The third-order valence-corrected chi connectivity index (χ3v) is 5.09. The van der Waals surface area contributed by atoms with E-state index in [9.17, 15) is 13.6 Å². The fourth-order valence-corrected chi connectivity index (χ4v) is 3.42. The molecule has 0 bridgehead atoms. The van der Waals surface area contributed by atoms with Gasteiger partial charge in [0.1, 0.15) is 5.82 Å². The lowest BCUT2D eigenvalue weighted by Gasteiger charge is -2.27. The summed E-state index contributed by atoms with van der Waals surface area (Å²) < 4.78 is 36.9. The number of primary amides is 1. The van der Waals surface area contributed by atoms with Gasteiger partial charge < -0.3 is 15.0 Å². The molecule has 1 heterocycles. The monoisotopic (exact) mass is 412 g/mol. The van der Waals surface area contributed by atoms with Crippen LogP contribution < -0.4 is 10.5 Å². The summed E-state index contributed by atoms with van der Waals surface area (Å²) in [4.78, 5) is 11.3. The van der Waals surface area contributed by atoms with Crippen molar-refractivity contribution in [1.29, 1.82) is 0 Å². The molecule has 1 aromatic heterocycles. The van der Waals surface area contributed by atoms with Gasteiger partial charge in [-0.1, -0.05) is 6.07 Å². The first-order chi connectivity index (χ1) is 14.2. The molecule has 1 aliphatic carbocycles. The maximum atomic E-state index is 14.7. The predicted molar refractivity (Wildman–Crippen MR) is 107 cm³/mol. The van der Waals surface area contributed by atoms with Crippen molar-refractivity contribution in [3.8, 4) is 17.1 Å². The fraction of sp³-hybridized carbons (Fsp3) is 0.318. The van der Waals surface area contributed by atoms with Crippen molar-refractivity contribution in [2.75, 3.05) is 0 Å². The molecule has 0 spiro atoms. The van der Waals surface area contributed by atoms with Gasteiger partial charge in [-0.05, 0) is 69.5 Å². The molecule has 1 fully saturated rings. The van der Waals surface area contributed by atoms with Crippen molar-refractivity contribution in [3.63, 3.8) is 0 Å². The van der Waals surface area contributed by atoms with Gasteiger partial charge in [0.2, 0.25) is 5.91 Å². The molecule has 0 unspecified atom stereocenters. The van der Waals surface area contributed by atoms with Crippen molar-refractivity contribution < 1.29 is 18.3 Å². The van der Waals surface area contributed by atoms with Crippen molar-refractivity contribution >= 4 is 5.91 Å². The van der Waals surface area contributed by atoms with Crippen molar-refractivity contribution in [2.24, 2.45) is 5.73 Å². The molecule has 30 heavy (non-hydrogen) atoms. The zero-order valence-electron chi connectivity index (χ0n) is 16.9. The highest BCUT2D eigenvalue weighted by Crippen LogP contribution is 2.42. The zero-order chi connectivity index (χ0) is 21.6. The first-order valence-electron chi connectivity index (χ1n) is 9.67. The van der Waals surface area contributed by atoms with Gasteiger partial charge in [-0.25, -0.2) is 8.78 Å². The van der Waals surface area contributed by atoms with E-state index in [2.05, 4.69) is 10.2 Å². The number of rotatable bonds is 6. The van der Waals surface area contributed by atoms with Crippen LogP contribution in [0.3, 0.4) is 0 Å². The molecule has 1 aliphatic rings. The van der Waals surface area contributed by atoms with Crippen LogP contribution in [-0.2, 0) is 5.60 Å². The zero-order valence-corrected chi connectivity index (χ0v) is 16.9. The highest BCUT2D eigenvalue weighted by Gasteiger charge is 2.38. The molecule has 4 rings (SSSR count). The van der Waals surface area contributed by atoms with Gasteiger partial charge in [0.05, 0.1) is 5.56 Å². The second kappa shape index (κ2) is 7.19. The SMILES string of the molecule is Cc1ccc(OC(C)(C)c2nnc(-c3ccc(C(N)=O)cc3F)n2C2CC2)c(F)c1. The number of halogens is 2. The van der Waals surface area contributed by atoms with Gasteiger partial charge >= 0.3 is 0 Å². The van der Waals surface area contributed by atoms with Gasteiger partial charge in [-0.3, -0.25) is 4.79 Å². The summed E-state index contributed by atoms with van der Waals surface area (Å²) in [5, 5.41) is 8.49. The van der Waals surface area contributed by atoms with Crippen molar-refractivity contribution in [3.05, 3.63) is 65.0 Å². The molecule has 6 nitrogen and oxygen atoms in total. The number of ether oxygens (including phenoxy) is 1. The summed E-state index contributed by atoms with van der Waals surface area (Å²) in [7, 11) is 0. The van der Waals surface area contributed by atoms with Crippen LogP contribution in [0.25, 0.3) is 11.4 Å². The Morgan fingerprint density at radius 3 is 2.47 bits per heavy atom. The fourth-order valence-electron chi connectivity index (χ4n) is 3.42. The van der Waals surface area contributed by atoms with Crippen molar-refractivity contribution in [2.45, 2.75) is 45.3 Å². The summed E-state index contributed by atoms with van der Waals surface area (Å²) in [6.07, 6.45) is 1.79. The maximum Gasteiger partial charge on any atom is 0.248 e. The van der Waals surface area contributed by atoms with E-state index in [-0.39, 0.29) is 22.9 Å². The number of carbonyl (C=O) groups excluding carboxylic acids is 1. The number of benzene rings is 2. The Balaban J connectivity index is 1.75. The van der Waals surface area contributed by atoms with Crippen LogP contribution in [0.4, 0.5) is 8.78 Å². The van der Waals surface area contributed by atoms with E-state index in [0.29, 0.717) is 11.6 Å². The van der Waals surface area contributed by atoms with Gasteiger partial charge in [-0.2, -0.15) is 0 Å². The van der Waals surface area contributed by atoms with Crippen LogP contribution in [0.5, 0.6) is 5.75 Å². The first-order valence-corrected chi connectivity index (χ1v) is 9.67. The minimum absolute atomic E-state index is 0.0764. The Labute approximate surface area is 172 Å². The Morgan fingerprint density at radius 1 is 1.13 bits per heavy atom. The average molecular weight is 412 g/mol. The molecule has 0 atom stereocenters. The van der Waals surface area contributed by atoms with Crippen LogP contribution in [0, 0.1) is 18.6 Å². The first kappa shape index (κ1) is 20.0. The number of aryl methyl sites for hydroxylation is 1. The second-order valence-corrected chi connectivity index (χ2v) is 8.05. The Kier molecular flexibility index (Phi) is 4.80. The molecule has 2 N–H and O–H groups in total. The highest BCUT2D eigenvalue weighted by molar-refractivity contribution is 5.93. The summed E-state index contributed by atoms with van der Waals surface area (Å²) in [6.45, 7) is 5.34. The van der Waals surface area contributed by atoms with Crippen LogP contribution in [0.15, 0.2) is 36.4 Å². The summed E-state index contributed by atoms with van der Waals surface area (Å²) in [6, 6.07) is 8.86. The molecule has 8 heteroatoms. The molecule has 0 radical (unpaired) electrons. The predicted octanol–water partition coefficient (Wildman–Crippen LogP) is 4.28. The molecule has 0 saturated heterocycles. The minimum Gasteiger partial charge on any atom is -0.477 e. The topological polar surface area (TPSA) is 83.0 Å². The molecule has 156 valence electrons. The van der Waals surface area contributed by atoms with Gasteiger partial charge in [0.25, 0.3) is 0 Å². The minimum atomic E-state index is -1.02. The lowest BCUT2D eigenvalue weighted by molar-refractivity contribution is 0.0882. The molecule has 3 aromatic rings. The number of aromatic nitrogens is 3. The molecule has 1 saturated carbocycles. The number of nitrogens with zero attached hydrogens (tertiary/aromatic N) is 3. The highest BCUT2D eigenvalue weighted by atomic mass is 19.1. The van der Waals surface area contributed by atoms with Crippen molar-refractivity contribution in [1.82, 2.24) is 14.8 Å². The van der Waals surface area contributed by atoms with E-state index in [4.69, 9.17) is 10.5 Å². The summed E-state index contributed by atoms with van der Waals surface area (Å²) in [5.74, 6) is -0.876.